The number of ether oxygens (including phenoxy) is 2. The van der Waals surface area contributed by atoms with Crippen LogP contribution in [0.15, 0.2) is 29.4 Å². The Labute approximate surface area is 100.0 Å². The second-order valence-corrected chi connectivity index (χ2v) is 4.04. The van der Waals surface area contributed by atoms with Crippen molar-refractivity contribution in [1.29, 1.82) is 0 Å². The van der Waals surface area contributed by atoms with Crippen LogP contribution in [0.5, 0.6) is 5.75 Å². The molecule has 0 spiro atoms. The topological polar surface area (TPSA) is 67.2 Å². The summed E-state index contributed by atoms with van der Waals surface area (Å²) in [5.41, 5.74) is 9.44. The van der Waals surface area contributed by atoms with Crippen LogP contribution in [-0.4, -0.2) is 26.4 Å². The van der Waals surface area contributed by atoms with Crippen LogP contribution in [0, 0.1) is 0 Å². The molecule has 1 aliphatic heterocycles. The van der Waals surface area contributed by atoms with Gasteiger partial charge in [0, 0.05) is 10.8 Å². The van der Waals surface area contributed by atoms with Crippen LogP contribution in [0.4, 0.5) is 0 Å². The summed E-state index contributed by atoms with van der Waals surface area (Å²) >= 11 is 0. The second kappa shape index (κ2) is 5.57. The van der Waals surface area contributed by atoms with Gasteiger partial charge in [0.25, 0.3) is 0 Å². The van der Waals surface area contributed by atoms with Crippen LogP contribution >= 0.6 is 0 Å². The van der Waals surface area contributed by atoms with Gasteiger partial charge in [0.2, 0.25) is 0 Å². The summed E-state index contributed by atoms with van der Waals surface area (Å²) in [5.74, 6) is 1.22. The molecule has 5 heteroatoms. The summed E-state index contributed by atoms with van der Waals surface area (Å²) in [7, 11) is 1.67. The molecule has 0 bridgehead atoms. The fourth-order valence-corrected chi connectivity index (χ4v) is 2.18. The lowest BCUT2D eigenvalue weighted by molar-refractivity contribution is 0.115. The van der Waals surface area contributed by atoms with Crippen molar-refractivity contribution in [3.8, 4) is 5.75 Å². The number of benzene rings is 1. The number of nitrogens with zero attached hydrogens (tertiary/aromatic N) is 3. The van der Waals surface area contributed by atoms with E-state index in [-0.39, 0.29) is 6.10 Å². The van der Waals surface area contributed by atoms with Crippen molar-refractivity contribution < 1.29 is 9.47 Å². The quantitative estimate of drug-likeness (QED) is 0.456. The van der Waals surface area contributed by atoms with Gasteiger partial charge in [-0.05, 0) is 23.6 Å². The molecular formula is C12H15N3O2. The van der Waals surface area contributed by atoms with Crippen molar-refractivity contribution in [2.75, 3.05) is 20.3 Å². The largest absolute Gasteiger partial charge is 0.496 e. The molecule has 0 amide bonds. The SMILES string of the molecule is COc1ccccc1C1COC(CN=[N+]=[N-])C1. The number of rotatable bonds is 4. The monoisotopic (exact) mass is 233 g/mol. The van der Waals surface area contributed by atoms with Gasteiger partial charge < -0.3 is 9.47 Å². The highest BCUT2D eigenvalue weighted by atomic mass is 16.5. The highest BCUT2D eigenvalue weighted by molar-refractivity contribution is 5.36. The first kappa shape index (κ1) is 11.8. The fourth-order valence-electron chi connectivity index (χ4n) is 2.18. The molecule has 90 valence electrons. The second-order valence-electron chi connectivity index (χ2n) is 4.04. The molecule has 1 fully saturated rings. The molecule has 0 saturated carbocycles. The van der Waals surface area contributed by atoms with E-state index in [2.05, 4.69) is 16.1 Å². The van der Waals surface area contributed by atoms with Crippen LogP contribution in [0.2, 0.25) is 0 Å². The van der Waals surface area contributed by atoms with Crippen LogP contribution in [0.25, 0.3) is 10.4 Å². The zero-order chi connectivity index (χ0) is 12.1. The van der Waals surface area contributed by atoms with Crippen LogP contribution < -0.4 is 4.74 Å². The molecule has 1 saturated heterocycles. The number of methoxy groups -OCH3 is 1. The number of azide groups is 1. The van der Waals surface area contributed by atoms with Gasteiger partial charge in [0.15, 0.2) is 0 Å². The molecule has 1 aromatic rings. The first-order chi connectivity index (χ1) is 8.35. The van der Waals surface area contributed by atoms with Crippen molar-refractivity contribution in [2.45, 2.75) is 18.4 Å². The predicted molar refractivity (Wildman–Crippen MR) is 64.1 cm³/mol. The van der Waals surface area contributed by atoms with Crippen molar-refractivity contribution in [3.05, 3.63) is 40.3 Å². The van der Waals surface area contributed by atoms with E-state index in [4.69, 9.17) is 15.0 Å². The van der Waals surface area contributed by atoms with Gasteiger partial charge in [0.1, 0.15) is 5.75 Å². The Morgan fingerprint density at radius 1 is 1.53 bits per heavy atom. The minimum atomic E-state index is 0.0285. The molecular weight excluding hydrogens is 218 g/mol. The van der Waals surface area contributed by atoms with E-state index >= 15 is 0 Å². The van der Waals surface area contributed by atoms with Gasteiger partial charge in [-0.2, -0.15) is 0 Å². The Morgan fingerprint density at radius 3 is 3.12 bits per heavy atom. The molecule has 0 aliphatic carbocycles. The van der Waals surface area contributed by atoms with Gasteiger partial charge in [-0.25, -0.2) is 0 Å². The minimum absolute atomic E-state index is 0.0285. The summed E-state index contributed by atoms with van der Waals surface area (Å²) in [6.45, 7) is 1.06. The Hall–Kier alpha value is -1.71. The number of para-hydroxylation sites is 1. The molecule has 0 radical (unpaired) electrons. The molecule has 1 heterocycles. The van der Waals surface area contributed by atoms with Crippen molar-refractivity contribution in [2.24, 2.45) is 5.11 Å². The van der Waals surface area contributed by atoms with Crippen molar-refractivity contribution in [3.63, 3.8) is 0 Å². The average molecular weight is 233 g/mol. The van der Waals surface area contributed by atoms with E-state index in [1.165, 1.54) is 5.56 Å². The Balaban J connectivity index is 2.06. The van der Waals surface area contributed by atoms with Gasteiger partial charge in [0.05, 0.1) is 26.4 Å². The number of hydrogen-bond acceptors (Lipinski definition) is 3. The maximum absolute atomic E-state index is 8.27. The van der Waals surface area contributed by atoms with E-state index in [1.54, 1.807) is 7.11 Å². The zero-order valence-corrected chi connectivity index (χ0v) is 9.74. The molecule has 5 nitrogen and oxygen atoms in total. The van der Waals surface area contributed by atoms with Gasteiger partial charge in [-0.15, -0.1) is 0 Å². The molecule has 0 aromatic heterocycles. The fraction of sp³-hybridized carbons (Fsp3) is 0.500. The first-order valence-electron chi connectivity index (χ1n) is 5.60. The maximum atomic E-state index is 8.27. The smallest absolute Gasteiger partial charge is 0.122 e. The standard InChI is InChI=1S/C12H15N3O2/c1-16-12-5-3-2-4-11(12)9-6-10(17-8-9)7-14-15-13/h2-5,9-10H,6-8H2,1H3. The van der Waals surface area contributed by atoms with Gasteiger partial charge >= 0.3 is 0 Å². The molecule has 2 unspecified atom stereocenters. The summed E-state index contributed by atoms with van der Waals surface area (Å²) in [6.07, 6.45) is 0.903. The van der Waals surface area contributed by atoms with Crippen LogP contribution in [-0.2, 0) is 4.74 Å². The summed E-state index contributed by atoms with van der Waals surface area (Å²) < 4.78 is 10.9. The third-order valence-corrected chi connectivity index (χ3v) is 3.01. The third kappa shape index (κ3) is 2.70. The highest BCUT2D eigenvalue weighted by Crippen LogP contribution is 2.34. The molecule has 1 aliphatic rings. The normalized spacial score (nSPS) is 23.1. The lowest BCUT2D eigenvalue weighted by Crippen LogP contribution is -2.08. The van der Waals surface area contributed by atoms with E-state index in [1.807, 2.05) is 18.2 Å². The molecule has 1 aromatic carbocycles. The molecule has 0 N–H and O–H groups in total. The van der Waals surface area contributed by atoms with Crippen molar-refractivity contribution in [1.82, 2.24) is 0 Å². The van der Waals surface area contributed by atoms with Gasteiger partial charge in [-0.1, -0.05) is 23.3 Å². The molecule has 2 rings (SSSR count). The van der Waals surface area contributed by atoms with E-state index in [0.29, 0.717) is 19.1 Å². The van der Waals surface area contributed by atoms with Crippen molar-refractivity contribution >= 4 is 0 Å². The Kier molecular flexibility index (Phi) is 3.85. The summed E-state index contributed by atoms with van der Waals surface area (Å²) in [6, 6.07) is 7.97. The number of hydrogen-bond donors (Lipinski definition) is 0. The lowest BCUT2D eigenvalue weighted by atomic mass is 9.95. The molecule has 2 atom stereocenters. The van der Waals surface area contributed by atoms with E-state index in [0.717, 1.165) is 12.2 Å². The van der Waals surface area contributed by atoms with Gasteiger partial charge in [-0.3, -0.25) is 0 Å². The predicted octanol–water partition coefficient (Wildman–Crippen LogP) is 2.88. The third-order valence-electron chi connectivity index (χ3n) is 3.01. The first-order valence-corrected chi connectivity index (χ1v) is 5.60. The highest BCUT2D eigenvalue weighted by Gasteiger charge is 2.27. The van der Waals surface area contributed by atoms with Crippen LogP contribution in [0.1, 0.15) is 17.9 Å². The average Bonchev–Trinajstić information content (AvgIpc) is 2.85. The summed E-state index contributed by atoms with van der Waals surface area (Å²) in [4.78, 5) is 2.75. The Morgan fingerprint density at radius 2 is 2.35 bits per heavy atom. The van der Waals surface area contributed by atoms with Crippen LogP contribution in [0.3, 0.4) is 0 Å². The minimum Gasteiger partial charge on any atom is -0.496 e. The van der Waals surface area contributed by atoms with E-state index in [9.17, 15) is 0 Å². The lowest BCUT2D eigenvalue weighted by Gasteiger charge is -2.12. The zero-order valence-electron chi connectivity index (χ0n) is 9.74. The van der Waals surface area contributed by atoms with E-state index < -0.39 is 0 Å². The summed E-state index contributed by atoms with van der Waals surface area (Å²) in [5, 5.41) is 3.55. The molecule has 17 heavy (non-hydrogen) atoms. The maximum Gasteiger partial charge on any atom is 0.122 e. The Bertz CT molecular complexity index is 430.